The van der Waals surface area contributed by atoms with Crippen LogP contribution in [0.2, 0.25) is 15.1 Å². The first-order valence-electron chi connectivity index (χ1n) is 8.86. The molecule has 1 fully saturated rings. The molecule has 2 aromatic carbocycles. The number of halogens is 3. The maximum Gasteiger partial charge on any atom is 0.238 e. The molecule has 1 aliphatic heterocycles. The maximum atomic E-state index is 12.4. The highest BCUT2D eigenvalue weighted by Gasteiger charge is 2.20. The third-order valence-corrected chi connectivity index (χ3v) is 5.46. The molecule has 1 aliphatic rings. The SMILES string of the molecule is CC(=O)c1ccc(N2CCN(CC(=O)Nc3c(Cl)cc(Cl)cc3Cl)CC2)cc1. The molecule has 5 nitrogen and oxygen atoms in total. The summed E-state index contributed by atoms with van der Waals surface area (Å²) in [4.78, 5) is 28.1. The summed E-state index contributed by atoms with van der Waals surface area (Å²) in [6.07, 6.45) is 0. The normalized spacial score (nSPS) is 14.8. The number of nitrogens with zero attached hydrogens (tertiary/aromatic N) is 2. The molecule has 8 heteroatoms. The van der Waals surface area contributed by atoms with Crippen LogP contribution in [0.25, 0.3) is 0 Å². The van der Waals surface area contributed by atoms with Crippen LogP contribution in [-0.4, -0.2) is 49.3 Å². The largest absolute Gasteiger partial charge is 0.369 e. The van der Waals surface area contributed by atoms with E-state index in [9.17, 15) is 9.59 Å². The molecular formula is C20H20Cl3N3O2. The van der Waals surface area contributed by atoms with Crippen molar-refractivity contribution >= 4 is 57.9 Å². The molecule has 0 atom stereocenters. The number of piperazine rings is 1. The molecule has 1 saturated heterocycles. The quantitative estimate of drug-likeness (QED) is 0.690. The number of carbonyl (C=O) groups excluding carboxylic acids is 2. The predicted octanol–water partition coefficient (Wildman–Crippen LogP) is 4.61. The second kappa shape index (κ2) is 9.14. The van der Waals surface area contributed by atoms with E-state index >= 15 is 0 Å². The van der Waals surface area contributed by atoms with Gasteiger partial charge in [-0.15, -0.1) is 0 Å². The van der Waals surface area contributed by atoms with Crippen molar-refractivity contribution in [3.05, 3.63) is 57.0 Å². The van der Waals surface area contributed by atoms with Crippen molar-refractivity contribution in [1.29, 1.82) is 0 Å². The minimum atomic E-state index is -0.176. The molecule has 148 valence electrons. The Hall–Kier alpha value is -1.79. The lowest BCUT2D eigenvalue weighted by molar-refractivity contribution is -0.117. The van der Waals surface area contributed by atoms with Crippen molar-refractivity contribution in [3.63, 3.8) is 0 Å². The predicted molar refractivity (Wildman–Crippen MR) is 115 cm³/mol. The van der Waals surface area contributed by atoms with Gasteiger partial charge in [0.05, 0.1) is 22.3 Å². The molecule has 3 rings (SSSR count). The molecule has 1 heterocycles. The third-order valence-electron chi connectivity index (χ3n) is 4.65. The van der Waals surface area contributed by atoms with Crippen molar-refractivity contribution in [2.45, 2.75) is 6.92 Å². The van der Waals surface area contributed by atoms with Gasteiger partial charge in [-0.1, -0.05) is 34.8 Å². The van der Waals surface area contributed by atoms with E-state index in [1.54, 1.807) is 19.1 Å². The minimum Gasteiger partial charge on any atom is -0.369 e. The summed E-state index contributed by atoms with van der Waals surface area (Å²) >= 11 is 18.1. The lowest BCUT2D eigenvalue weighted by atomic mass is 10.1. The lowest BCUT2D eigenvalue weighted by Crippen LogP contribution is -2.48. The number of amides is 1. The van der Waals surface area contributed by atoms with Crippen molar-refractivity contribution in [2.24, 2.45) is 0 Å². The molecule has 2 aromatic rings. The fraction of sp³-hybridized carbons (Fsp3) is 0.300. The van der Waals surface area contributed by atoms with Crippen molar-refractivity contribution in [2.75, 3.05) is 42.9 Å². The molecule has 0 aliphatic carbocycles. The average Bonchev–Trinajstić information content (AvgIpc) is 2.65. The second-order valence-corrected chi connectivity index (χ2v) is 7.91. The second-order valence-electron chi connectivity index (χ2n) is 6.66. The van der Waals surface area contributed by atoms with E-state index < -0.39 is 0 Å². The first-order chi connectivity index (χ1) is 13.3. The van der Waals surface area contributed by atoms with Crippen molar-refractivity contribution in [1.82, 2.24) is 4.90 Å². The Balaban J connectivity index is 1.53. The maximum absolute atomic E-state index is 12.4. The topological polar surface area (TPSA) is 52.7 Å². The first kappa shape index (κ1) is 20.9. The van der Waals surface area contributed by atoms with Gasteiger partial charge in [0.15, 0.2) is 5.78 Å². The Morgan fingerprint density at radius 1 is 0.964 bits per heavy atom. The van der Waals surface area contributed by atoms with Gasteiger partial charge >= 0.3 is 0 Å². The zero-order chi connectivity index (χ0) is 20.3. The highest BCUT2D eigenvalue weighted by molar-refractivity contribution is 6.42. The standard InChI is InChI=1S/C20H20Cl3N3O2/c1-13(27)14-2-4-16(5-3-14)26-8-6-25(7-9-26)12-19(28)24-20-17(22)10-15(21)11-18(20)23/h2-5,10-11H,6-9,12H2,1H3,(H,24,28). The zero-order valence-electron chi connectivity index (χ0n) is 15.3. The Labute approximate surface area is 179 Å². The smallest absolute Gasteiger partial charge is 0.238 e. The number of rotatable bonds is 5. The molecular weight excluding hydrogens is 421 g/mol. The zero-order valence-corrected chi connectivity index (χ0v) is 17.6. The number of nitrogens with one attached hydrogen (secondary N) is 1. The van der Waals surface area contributed by atoms with E-state index in [1.807, 2.05) is 24.3 Å². The van der Waals surface area contributed by atoms with Gasteiger partial charge in [0, 0.05) is 42.5 Å². The van der Waals surface area contributed by atoms with E-state index in [1.165, 1.54) is 0 Å². The summed E-state index contributed by atoms with van der Waals surface area (Å²) in [5, 5.41) is 3.80. The van der Waals surface area contributed by atoms with E-state index in [0.717, 1.165) is 31.9 Å². The molecule has 0 spiro atoms. The van der Waals surface area contributed by atoms with Crippen LogP contribution >= 0.6 is 34.8 Å². The van der Waals surface area contributed by atoms with Crippen LogP contribution in [0.4, 0.5) is 11.4 Å². The molecule has 0 aromatic heterocycles. The van der Waals surface area contributed by atoms with Crippen LogP contribution in [0.5, 0.6) is 0 Å². The lowest BCUT2D eigenvalue weighted by Gasteiger charge is -2.35. The highest BCUT2D eigenvalue weighted by atomic mass is 35.5. The van der Waals surface area contributed by atoms with E-state index in [2.05, 4.69) is 15.1 Å². The first-order valence-corrected chi connectivity index (χ1v) is 9.99. The summed E-state index contributed by atoms with van der Waals surface area (Å²) in [7, 11) is 0. The number of hydrogen-bond donors (Lipinski definition) is 1. The average molecular weight is 441 g/mol. The van der Waals surface area contributed by atoms with Gasteiger partial charge in [0.2, 0.25) is 5.91 Å². The van der Waals surface area contributed by atoms with Gasteiger partial charge in [0.1, 0.15) is 0 Å². The number of carbonyl (C=O) groups is 2. The van der Waals surface area contributed by atoms with Gasteiger partial charge in [-0.25, -0.2) is 0 Å². The van der Waals surface area contributed by atoms with E-state index in [0.29, 0.717) is 26.3 Å². The van der Waals surface area contributed by atoms with Crippen LogP contribution in [-0.2, 0) is 4.79 Å². The van der Waals surface area contributed by atoms with Gasteiger partial charge < -0.3 is 10.2 Å². The number of ketones is 1. The van der Waals surface area contributed by atoms with Gasteiger partial charge in [-0.3, -0.25) is 14.5 Å². The molecule has 28 heavy (non-hydrogen) atoms. The Bertz CT molecular complexity index is 856. The Morgan fingerprint density at radius 3 is 2.07 bits per heavy atom. The van der Waals surface area contributed by atoms with Crippen LogP contribution in [0.1, 0.15) is 17.3 Å². The van der Waals surface area contributed by atoms with Gasteiger partial charge in [-0.05, 0) is 43.3 Å². The van der Waals surface area contributed by atoms with Crippen molar-refractivity contribution in [3.8, 4) is 0 Å². The fourth-order valence-electron chi connectivity index (χ4n) is 3.11. The number of Topliss-reactive ketones (excluding diaryl/α,β-unsaturated/α-hetero) is 1. The molecule has 1 amide bonds. The number of benzene rings is 2. The van der Waals surface area contributed by atoms with Crippen LogP contribution in [0.3, 0.4) is 0 Å². The van der Waals surface area contributed by atoms with Crippen LogP contribution in [0.15, 0.2) is 36.4 Å². The summed E-state index contributed by atoms with van der Waals surface area (Å²) < 4.78 is 0. The summed E-state index contributed by atoms with van der Waals surface area (Å²) in [6.45, 7) is 4.92. The van der Waals surface area contributed by atoms with Gasteiger partial charge in [-0.2, -0.15) is 0 Å². The van der Waals surface area contributed by atoms with Crippen LogP contribution in [0, 0.1) is 0 Å². The Kier molecular flexibility index (Phi) is 6.83. The van der Waals surface area contributed by atoms with Crippen molar-refractivity contribution < 1.29 is 9.59 Å². The van der Waals surface area contributed by atoms with Gasteiger partial charge in [0.25, 0.3) is 0 Å². The Morgan fingerprint density at radius 2 is 1.54 bits per heavy atom. The monoisotopic (exact) mass is 439 g/mol. The van der Waals surface area contributed by atoms with E-state index in [-0.39, 0.29) is 18.2 Å². The molecule has 0 unspecified atom stereocenters. The summed E-state index contributed by atoms with van der Waals surface area (Å²) in [5.74, 6) is -0.117. The fourth-order valence-corrected chi connectivity index (χ4v) is 4.03. The highest BCUT2D eigenvalue weighted by Crippen LogP contribution is 2.33. The van der Waals surface area contributed by atoms with E-state index in [4.69, 9.17) is 34.8 Å². The number of hydrogen-bond acceptors (Lipinski definition) is 4. The third kappa shape index (κ3) is 5.17. The molecule has 0 radical (unpaired) electrons. The van der Waals surface area contributed by atoms with Crippen LogP contribution < -0.4 is 10.2 Å². The minimum absolute atomic E-state index is 0.0586. The summed E-state index contributed by atoms with van der Waals surface area (Å²) in [6, 6.07) is 10.7. The molecule has 0 saturated carbocycles. The summed E-state index contributed by atoms with van der Waals surface area (Å²) in [5.41, 5.74) is 2.16. The number of anilines is 2. The molecule has 0 bridgehead atoms. The molecule has 1 N–H and O–H groups in total.